The van der Waals surface area contributed by atoms with Crippen molar-refractivity contribution in [2.75, 3.05) is 27.2 Å². The van der Waals surface area contributed by atoms with Gasteiger partial charge < -0.3 is 10.2 Å². The highest BCUT2D eigenvalue weighted by molar-refractivity contribution is 7.09. The monoisotopic (exact) mass is 337 g/mol. The van der Waals surface area contributed by atoms with Crippen molar-refractivity contribution in [3.8, 4) is 0 Å². The summed E-state index contributed by atoms with van der Waals surface area (Å²) in [7, 11) is 3.64. The molecule has 8 heteroatoms. The summed E-state index contributed by atoms with van der Waals surface area (Å²) >= 11 is 1.62. The summed E-state index contributed by atoms with van der Waals surface area (Å²) in [4.78, 5) is 35.5. The van der Waals surface area contributed by atoms with E-state index in [0.717, 1.165) is 10.7 Å². The van der Waals surface area contributed by atoms with Gasteiger partial charge in [-0.05, 0) is 13.3 Å². The average molecular weight is 337 g/mol. The molecule has 0 saturated carbocycles. The van der Waals surface area contributed by atoms with E-state index in [1.807, 2.05) is 24.3 Å². The second kappa shape index (κ2) is 8.05. The summed E-state index contributed by atoms with van der Waals surface area (Å²) in [5.41, 5.74) is 0.999. The van der Waals surface area contributed by atoms with Gasteiger partial charge in [-0.1, -0.05) is 0 Å². The van der Waals surface area contributed by atoms with E-state index in [4.69, 9.17) is 0 Å². The smallest absolute Gasteiger partial charge is 0.229 e. The minimum atomic E-state index is -0.0793. The Hall–Kier alpha value is -1.96. The Balaban J connectivity index is 1.82. The van der Waals surface area contributed by atoms with E-state index in [-0.39, 0.29) is 11.8 Å². The number of nitrogens with one attached hydrogen (secondary N) is 1. The number of likely N-dealkylation sites (tertiary alicyclic amines) is 1. The Morgan fingerprint density at radius 3 is 2.70 bits per heavy atom. The molecule has 1 saturated heterocycles. The molecule has 0 unspecified atom stereocenters. The molecule has 0 atom stereocenters. The molecule has 1 aromatic rings. The van der Waals surface area contributed by atoms with Crippen LogP contribution in [-0.2, 0) is 16.1 Å². The van der Waals surface area contributed by atoms with E-state index in [1.165, 1.54) is 4.90 Å². The van der Waals surface area contributed by atoms with Crippen molar-refractivity contribution in [3.05, 3.63) is 16.1 Å². The standard InChI is InChI=1S/C15H23N5O2S/c1-11-18-12(10-23-11)9-19(3)15(16-2)17-7-8-20-13(21)5-4-6-14(20)22/h10H,4-9H2,1-3H3,(H,16,17). The lowest BCUT2D eigenvalue weighted by molar-refractivity contribution is -0.147. The molecule has 0 spiro atoms. The molecule has 0 aromatic carbocycles. The van der Waals surface area contributed by atoms with E-state index >= 15 is 0 Å². The molecule has 0 aliphatic carbocycles. The Morgan fingerprint density at radius 2 is 2.13 bits per heavy atom. The van der Waals surface area contributed by atoms with Gasteiger partial charge >= 0.3 is 0 Å². The van der Waals surface area contributed by atoms with Gasteiger partial charge in [0.2, 0.25) is 11.8 Å². The quantitative estimate of drug-likeness (QED) is 0.493. The first-order valence-electron chi connectivity index (χ1n) is 7.67. The molecule has 1 aromatic heterocycles. The number of guanidine groups is 1. The number of rotatable bonds is 5. The summed E-state index contributed by atoms with van der Waals surface area (Å²) < 4.78 is 0. The van der Waals surface area contributed by atoms with Crippen LogP contribution in [0, 0.1) is 6.92 Å². The fourth-order valence-electron chi connectivity index (χ4n) is 2.51. The number of hydrogen-bond donors (Lipinski definition) is 1. The first-order chi connectivity index (χ1) is 11.0. The van der Waals surface area contributed by atoms with Gasteiger partial charge in [-0.25, -0.2) is 4.98 Å². The number of imide groups is 1. The Morgan fingerprint density at radius 1 is 1.43 bits per heavy atom. The van der Waals surface area contributed by atoms with Gasteiger partial charge in [0.25, 0.3) is 0 Å². The molecule has 0 bridgehead atoms. The second-order valence-electron chi connectivity index (χ2n) is 5.48. The van der Waals surface area contributed by atoms with E-state index in [2.05, 4.69) is 15.3 Å². The van der Waals surface area contributed by atoms with Crippen LogP contribution in [-0.4, -0.2) is 59.7 Å². The zero-order valence-electron chi connectivity index (χ0n) is 13.8. The van der Waals surface area contributed by atoms with E-state index < -0.39 is 0 Å². The van der Waals surface area contributed by atoms with Crippen molar-refractivity contribution in [1.82, 2.24) is 20.1 Å². The summed E-state index contributed by atoms with van der Waals surface area (Å²) in [5.74, 6) is 0.557. The Bertz CT molecular complexity index is 582. The highest BCUT2D eigenvalue weighted by Gasteiger charge is 2.25. The molecule has 1 aliphatic rings. The Kier molecular flexibility index (Phi) is 6.09. The van der Waals surface area contributed by atoms with Crippen LogP contribution in [0.15, 0.2) is 10.4 Å². The number of piperidine rings is 1. The lowest BCUT2D eigenvalue weighted by Crippen LogP contribution is -2.46. The second-order valence-corrected chi connectivity index (χ2v) is 6.54. The van der Waals surface area contributed by atoms with E-state index in [0.29, 0.717) is 44.9 Å². The van der Waals surface area contributed by atoms with Gasteiger partial charge in [-0.2, -0.15) is 0 Å². The van der Waals surface area contributed by atoms with Gasteiger partial charge in [-0.3, -0.25) is 19.5 Å². The number of aromatic nitrogens is 1. The normalized spacial score (nSPS) is 16.0. The summed E-state index contributed by atoms with van der Waals surface area (Å²) in [6, 6.07) is 0. The Labute approximate surface area is 140 Å². The zero-order chi connectivity index (χ0) is 16.8. The first kappa shape index (κ1) is 17.4. The minimum Gasteiger partial charge on any atom is -0.354 e. The maximum atomic E-state index is 11.8. The maximum Gasteiger partial charge on any atom is 0.229 e. The van der Waals surface area contributed by atoms with Crippen molar-refractivity contribution in [1.29, 1.82) is 0 Å². The molecule has 126 valence electrons. The molecule has 2 amide bonds. The zero-order valence-corrected chi connectivity index (χ0v) is 14.7. The lowest BCUT2D eigenvalue weighted by Gasteiger charge is -2.26. The average Bonchev–Trinajstić information content (AvgIpc) is 2.91. The van der Waals surface area contributed by atoms with Crippen molar-refractivity contribution in [2.24, 2.45) is 4.99 Å². The van der Waals surface area contributed by atoms with Crippen LogP contribution in [0.25, 0.3) is 0 Å². The fraction of sp³-hybridized carbons (Fsp3) is 0.600. The molecular formula is C15H23N5O2S. The summed E-state index contributed by atoms with van der Waals surface area (Å²) in [6.45, 7) is 3.50. The molecule has 23 heavy (non-hydrogen) atoms. The van der Waals surface area contributed by atoms with Crippen LogP contribution in [0.1, 0.15) is 30.0 Å². The molecule has 0 radical (unpaired) electrons. The number of nitrogens with zero attached hydrogens (tertiary/aromatic N) is 4. The molecule has 2 heterocycles. The summed E-state index contributed by atoms with van der Waals surface area (Å²) in [6.07, 6.45) is 1.59. The van der Waals surface area contributed by atoms with Gasteiger partial charge in [-0.15, -0.1) is 11.3 Å². The number of thiazole rings is 1. The molecule has 1 fully saturated rings. The maximum absolute atomic E-state index is 11.8. The molecule has 1 aliphatic heterocycles. The molecule has 7 nitrogen and oxygen atoms in total. The van der Waals surface area contributed by atoms with Crippen LogP contribution < -0.4 is 5.32 Å². The van der Waals surface area contributed by atoms with Gasteiger partial charge in [0.15, 0.2) is 5.96 Å². The van der Waals surface area contributed by atoms with Gasteiger partial charge in [0.05, 0.1) is 17.2 Å². The van der Waals surface area contributed by atoms with Crippen LogP contribution in [0.2, 0.25) is 0 Å². The fourth-order valence-corrected chi connectivity index (χ4v) is 3.12. The minimum absolute atomic E-state index is 0.0793. The van der Waals surface area contributed by atoms with Crippen molar-refractivity contribution < 1.29 is 9.59 Å². The van der Waals surface area contributed by atoms with E-state index in [9.17, 15) is 9.59 Å². The van der Waals surface area contributed by atoms with Crippen molar-refractivity contribution >= 4 is 29.1 Å². The van der Waals surface area contributed by atoms with Crippen LogP contribution in [0.4, 0.5) is 0 Å². The van der Waals surface area contributed by atoms with Crippen LogP contribution in [0.3, 0.4) is 0 Å². The number of carbonyl (C=O) groups excluding carboxylic acids is 2. The summed E-state index contributed by atoms with van der Waals surface area (Å²) in [5, 5.41) is 6.26. The van der Waals surface area contributed by atoms with E-state index in [1.54, 1.807) is 18.4 Å². The van der Waals surface area contributed by atoms with Crippen molar-refractivity contribution in [3.63, 3.8) is 0 Å². The van der Waals surface area contributed by atoms with Crippen LogP contribution >= 0.6 is 11.3 Å². The largest absolute Gasteiger partial charge is 0.354 e. The number of hydrogen-bond acceptors (Lipinski definition) is 5. The number of carbonyl (C=O) groups is 2. The predicted octanol–water partition coefficient (Wildman–Crippen LogP) is 0.998. The molecule has 1 N–H and O–H groups in total. The first-order valence-corrected chi connectivity index (χ1v) is 8.55. The van der Waals surface area contributed by atoms with Gasteiger partial charge in [0.1, 0.15) is 0 Å². The molecular weight excluding hydrogens is 314 g/mol. The number of aliphatic imine (C=N–C) groups is 1. The lowest BCUT2D eigenvalue weighted by atomic mass is 10.1. The number of amides is 2. The predicted molar refractivity (Wildman–Crippen MR) is 90.3 cm³/mol. The third-order valence-electron chi connectivity index (χ3n) is 3.64. The third kappa shape index (κ3) is 4.75. The van der Waals surface area contributed by atoms with Crippen molar-refractivity contribution in [2.45, 2.75) is 32.7 Å². The SMILES string of the molecule is CN=C(NCCN1C(=O)CCCC1=O)N(C)Cc1csc(C)n1. The van der Waals surface area contributed by atoms with Gasteiger partial charge in [0, 0.05) is 45.4 Å². The topological polar surface area (TPSA) is 77.9 Å². The molecule has 2 rings (SSSR count). The highest BCUT2D eigenvalue weighted by atomic mass is 32.1. The third-order valence-corrected chi connectivity index (χ3v) is 4.46. The number of aryl methyl sites for hydroxylation is 1. The highest BCUT2D eigenvalue weighted by Crippen LogP contribution is 2.11. The van der Waals surface area contributed by atoms with Crippen LogP contribution in [0.5, 0.6) is 0 Å².